The molecule has 3 rings (SSSR count). The van der Waals surface area contributed by atoms with Crippen LogP contribution < -0.4 is 9.64 Å². The summed E-state index contributed by atoms with van der Waals surface area (Å²) < 4.78 is 6.76. The van der Waals surface area contributed by atoms with Crippen molar-refractivity contribution in [1.29, 1.82) is 0 Å². The molecule has 166 valence electrons. The Hall–Kier alpha value is -2.15. The number of hydrogen-bond donors (Lipinski definition) is 0. The molecule has 0 fully saturated rings. The second-order valence-electron chi connectivity index (χ2n) is 7.91. The molecule has 0 radical (unpaired) electrons. The Morgan fingerprint density at radius 2 is 1.87 bits per heavy atom. The molecule has 31 heavy (non-hydrogen) atoms. The van der Waals surface area contributed by atoms with Crippen LogP contribution in [0.15, 0.2) is 36.4 Å². The lowest BCUT2D eigenvalue weighted by Crippen LogP contribution is -2.36. The second kappa shape index (κ2) is 10.9. The molecule has 0 bridgehead atoms. The lowest BCUT2D eigenvalue weighted by molar-refractivity contribution is 0.0985. The number of aromatic nitrogens is 1. The first-order valence-electron chi connectivity index (χ1n) is 10.6. The zero-order valence-corrected chi connectivity index (χ0v) is 20.2. The number of amides is 1. The molecule has 2 aromatic carbocycles. The highest BCUT2D eigenvalue weighted by molar-refractivity contribution is 7.22. The topological polar surface area (TPSA) is 45.7 Å². The third-order valence-corrected chi connectivity index (χ3v) is 6.25. The molecule has 0 atom stereocenters. The molecule has 0 spiro atoms. The summed E-state index contributed by atoms with van der Waals surface area (Å²) in [6, 6.07) is 11.2. The van der Waals surface area contributed by atoms with Gasteiger partial charge in [-0.3, -0.25) is 9.69 Å². The molecule has 3 aromatic rings. The van der Waals surface area contributed by atoms with Gasteiger partial charge >= 0.3 is 0 Å². The maximum Gasteiger partial charge on any atom is 0.260 e. The average molecular weight is 460 g/mol. The largest absolute Gasteiger partial charge is 0.494 e. The average Bonchev–Trinajstić information content (AvgIpc) is 3.15. The molecule has 0 aliphatic carbocycles. The molecule has 5 nitrogen and oxygen atoms in total. The number of carbonyl (C=O) groups is 1. The smallest absolute Gasteiger partial charge is 0.260 e. The molecule has 0 aliphatic heterocycles. The normalized spacial score (nSPS) is 11.3. The first kappa shape index (κ1) is 23.5. The van der Waals surface area contributed by atoms with Crippen molar-refractivity contribution in [3.05, 3.63) is 52.5 Å². The molecule has 0 saturated heterocycles. The van der Waals surface area contributed by atoms with Gasteiger partial charge in [0.25, 0.3) is 5.91 Å². The van der Waals surface area contributed by atoms with Crippen molar-refractivity contribution in [3.8, 4) is 5.75 Å². The van der Waals surface area contributed by atoms with Gasteiger partial charge in [0.1, 0.15) is 5.75 Å². The third kappa shape index (κ3) is 6.19. The number of nitrogens with zero attached hydrogens (tertiary/aromatic N) is 3. The van der Waals surface area contributed by atoms with Gasteiger partial charge in [0.15, 0.2) is 5.13 Å². The molecule has 0 aliphatic rings. The van der Waals surface area contributed by atoms with Gasteiger partial charge in [-0.15, -0.1) is 0 Å². The van der Waals surface area contributed by atoms with Crippen molar-refractivity contribution < 1.29 is 9.53 Å². The van der Waals surface area contributed by atoms with Crippen molar-refractivity contribution >= 4 is 44.2 Å². The number of carbonyl (C=O) groups excluding carboxylic acids is 1. The number of rotatable bonds is 10. The predicted octanol–water partition coefficient (Wildman–Crippen LogP) is 6.04. The second-order valence-corrected chi connectivity index (χ2v) is 9.35. The van der Waals surface area contributed by atoms with Gasteiger partial charge in [-0.25, -0.2) is 4.98 Å². The quantitative estimate of drug-likeness (QED) is 0.347. The van der Waals surface area contributed by atoms with Crippen molar-refractivity contribution in [2.45, 2.75) is 33.1 Å². The Morgan fingerprint density at radius 3 is 2.55 bits per heavy atom. The molecule has 1 amide bonds. The van der Waals surface area contributed by atoms with Crippen LogP contribution in [-0.4, -0.2) is 49.6 Å². The minimum Gasteiger partial charge on any atom is -0.494 e. The predicted molar refractivity (Wildman–Crippen MR) is 131 cm³/mol. The lowest BCUT2D eigenvalue weighted by Gasteiger charge is -2.22. The van der Waals surface area contributed by atoms with E-state index < -0.39 is 0 Å². The highest BCUT2D eigenvalue weighted by Crippen LogP contribution is 2.33. The van der Waals surface area contributed by atoms with E-state index in [1.54, 1.807) is 4.90 Å². The van der Waals surface area contributed by atoms with Crippen LogP contribution >= 0.6 is 22.9 Å². The van der Waals surface area contributed by atoms with E-state index in [4.69, 9.17) is 21.3 Å². The standard InChI is InChI=1S/C24H30ClN3O2S/c1-5-6-7-14-30-20-10-8-18(9-11-20)23(29)28(13-12-27(3)4)24-26-22-17(2)15-19(25)16-21(22)31-24/h8-11,15-16H,5-7,12-14H2,1-4H3. The summed E-state index contributed by atoms with van der Waals surface area (Å²) in [6.45, 7) is 6.14. The van der Waals surface area contributed by atoms with Crippen LogP contribution in [0.3, 0.4) is 0 Å². The van der Waals surface area contributed by atoms with Crippen LogP contribution in [-0.2, 0) is 0 Å². The first-order valence-corrected chi connectivity index (χ1v) is 11.8. The Morgan fingerprint density at radius 1 is 1.13 bits per heavy atom. The summed E-state index contributed by atoms with van der Waals surface area (Å²) in [5, 5.41) is 1.37. The van der Waals surface area contributed by atoms with E-state index in [1.807, 2.05) is 57.4 Å². The molecule has 0 saturated carbocycles. The summed E-state index contributed by atoms with van der Waals surface area (Å²) in [5.41, 5.74) is 2.52. The van der Waals surface area contributed by atoms with E-state index in [-0.39, 0.29) is 5.91 Å². The molecule has 0 N–H and O–H groups in total. The summed E-state index contributed by atoms with van der Waals surface area (Å²) in [5.74, 6) is 0.722. The number of hydrogen-bond acceptors (Lipinski definition) is 5. The summed E-state index contributed by atoms with van der Waals surface area (Å²) in [7, 11) is 3.99. The van der Waals surface area contributed by atoms with E-state index in [1.165, 1.54) is 11.3 Å². The number of ether oxygens (including phenoxy) is 1. The van der Waals surface area contributed by atoms with Crippen molar-refractivity contribution in [1.82, 2.24) is 9.88 Å². The van der Waals surface area contributed by atoms with Crippen LogP contribution in [0.2, 0.25) is 5.02 Å². The highest BCUT2D eigenvalue weighted by Gasteiger charge is 2.22. The van der Waals surface area contributed by atoms with Crippen LogP contribution in [0.4, 0.5) is 5.13 Å². The lowest BCUT2D eigenvalue weighted by atomic mass is 10.2. The zero-order chi connectivity index (χ0) is 22.4. The fourth-order valence-corrected chi connectivity index (χ4v) is 4.68. The number of thiazole rings is 1. The van der Waals surface area contributed by atoms with Gasteiger partial charge in [-0.2, -0.15) is 0 Å². The summed E-state index contributed by atoms with van der Waals surface area (Å²) in [4.78, 5) is 22.0. The van der Waals surface area contributed by atoms with Crippen molar-refractivity contribution in [2.24, 2.45) is 0 Å². The van der Waals surface area contributed by atoms with E-state index in [2.05, 4.69) is 11.8 Å². The minimum atomic E-state index is -0.0674. The highest BCUT2D eigenvalue weighted by atomic mass is 35.5. The number of benzene rings is 2. The van der Waals surface area contributed by atoms with Crippen molar-refractivity contribution in [3.63, 3.8) is 0 Å². The van der Waals surface area contributed by atoms with Crippen molar-refractivity contribution in [2.75, 3.05) is 38.7 Å². The zero-order valence-electron chi connectivity index (χ0n) is 18.7. The third-order valence-electron chi connectivity index (χ3n) is 5.00. The monoisotopic (exact) mass is 459 g/mol. The molecule has 0 unspecified atom stereocenters. The van der Waals surface area contributed by atoms with E-state index >= 15 is 0 Å². The number of unbranched alkanes of at least 4 members (excludes halogenated alkanes) is 2. The van der Waals surface area contributed by atoms with E-state index in [9.17, 15) is 4.79 Å². The fourth-order valence-electron chi connectivity index (χ4n) is 3.23. The van der Waals surface area contributed by atoms with Crippen LogP contribution in [0.25, 0.3) is 10.2 Å². The number of halogens is 1. The van der Waals surface area contributed by atoms with Gasteiger partial charge in [0.05, 0.1) is 16.8 Å². The van der Waals surface area contributed by atoms with Gasteiger partial charge in [-0.1, -0.05) is 42.7 Å². The number of likely N-dealkylation sites (N-methyl/N-ethyl adjacent to an activating group) is 1. The van der Waals surface area contributed by atoms with Gasteiger partial charge in [0, 0.05) is 23.7 Å². The molecule has 1 aromatic heterocycles. The van der Waals surface area contributed by atoms with E-state index in [0.29, 0.717) is 28.9 Å². The van der Waals surface area contributed by atoms with Crippen LogP contribution in [0, 0.1) is 6.92 Å². The SMILES string of the molecule is CCCCCOc1ccc(C(=O)N(CCN(C)C)c2nc3c(C)cc(Cl)cc3s2)cc1. The van der Waals surface area contributed by atoms with Crippen LogP contribution in [0.5, 0.6) is 5.75 Å². The molecular formula is C24H30ClN3O2S. The van der Waals surface area contributed by atoms with Gasteiger partial charge in [-0.05, 0) is 69.4 Å². The fraction of sp³-hybridized carbons (Fsp3) is 0.417. The first-order chi connectivity index (χ1) is 14.9. The molecule has 1 heterocycles. The molecular weight excluding hydrogens is 430 g/mol. The van der Waals surface area contributed by atoms with Crippen LogP contribution in [0.1, 0.15) is 42.1 Å². The number of aryl methyl sites for hydroxylation is 1. The Labute approximate surface area is 193 Å². The summed E-state index contributed by atoms with van der Waals surface area (Å²) >= 11 is 7.72. The number of anilines is 1. The molecule has 7 heteroatoms. The maximum atomic E-state index is 13.4. The number of fused-ring (bicyclic) bond motifs is 1. The van der Waals surface area contributed by atoms with E-state index in [0.717, 1.165) is 47.3 Å². The Kier molecular flexibility index (Phi) is 8.29. The Balaban J connectivity index is 1.83. The maximum absolute atomic E-state index is 13.4. The Bertz CT molecular complexity index is 1020. The van der Waals surface area contributed by atoms with Gasteiger partial charge in [0.2, 0.25) is 0 Å². The van der Waals surface area contributed by atoms with Gasteiger partial charge < -0.3 is 9.64 Å². The minimum absolute atomic E-state index is 0.0674. The summed E-state index contributed by atoms with van der Waals surface area (Å²) in [6.07, 6.45) is 3.36.